The quantitative estimate of drug-likeness (QED) is 0.124. The molecule has 5 unspecified atom stereocenters. The Kier molecular flexibility index (Phi) is 16.6. The number of unbranched alkanes of at least 4 members (excludes halogenated alkanes) is 11. The molecule has 0 aromatic rings. The highest BCUT2D eigenvalue weighted by atomic mass is 16.7. The molecule has 0 bridgehead atoms. The summed E-state index contributed by atoms with van der Waals surface area (Å²) in [5.41, 5.74) is -0.538. The number of carbonyl (C=O) groups excluding carboxylic acids is 2. The molecule has 1 heterocycles. The second-order valence-corrected chi connectivity index (χ2v) is 14.5. The zero-order chi connectivity index (χ0) is 31.9. The molecule has 1 aliphatic carbocycles. The van der Waals surface area contributed by atoms with Gasteiger partial charge in [-0.3, -0.25) is 14.4 Å². The molecule has 2 rings (SSSR count). The molecule has 8 nitrogen and oxygen atoms in total. The molecule has 2 amide bonds. The monoisotopic (exact) mass is 608 g/mol. The average molecular weight is 609 g/mol. The van der Waals surface area contributed by atoms with E-state index >= 15 is 0 Å². The number of aliphatic carboxylic acids is 1. The van der Waals surface area contributed by atoms with Crippen molar-refractivity contribution in [2.24, 2.45) is 23.2 Å². The van der Waals surface area contributed by atoms with Crippen LogP contribution in [-0.2, 0) is 23.9 Å². The molecule has 0 aromatic heterocycles. The summed E-state index contributed by atoms with van der Waals surface area (Å²) >= 11 is 0. The Hall–Kier alpha value is -1.67. The minimum absolute atomic E-state index is 0.0108. The van der Waals surface area contributed by atoms with Gasteiger partial charge in [-0.25, -0.2) is 0 Å². The Morgan fingerprint density at radius 1 is 0.860 bits per heavy atom. The van der Waals surface area contributed by atoms with E-state index in [0.29, 0.717) is 6.61 Å². The van der Waals surface area contributed by atoms with E-state index in [9.17, 15) is 19.5 Å². The average Bonchev–Trinajstić information content (AvgIpc) is 2.95. The molecule has 1 aliphatic heterocycles. The highest BCUT2D eigenvalue weighted by Crippen LogP contribution is 2.35. The van der Waals surface area contributed by atoms with Gasteiger partial charge in [0.25, 0.3) is 0 Å². The van der Waals surface area contributed by atoms with Gasteiger partial charge in [0.15, 0.2) is 5.79 Å². The topological polar surface area (TPSA) is 114 Å². The molecule has 1 saturated heterocycles. The highest BCUT2D eigenvalue weighted by molar-refractivity contribution is 5.82. The maximum absolute atomic E-state index is 13.2. The lowest BCUT2D eigenvalue weighted by Gasteiger charge is -2.45. The Morgan fingerprint density at radius 3 is 2.00 bits per heavy atom. The molecule has 2 aliphatic rings. The molecule has 0 spiro atoms. The third kappa shape index (κ3) is 13.5. The van der Waals surface area contributed by atoms with Gasteiger partial charge in [0, 0.05) is 23.9 Å². The van der Waals surface area contributed by atoms with Gasteiger partial charge in [0.05, 0.1) is 12.5 Å². The fraction of sp³-hybridized carbons (Fsp3) is 0.914. The van der Waals surface area contributed by atoms with Crippen molar-refractivity contribution in [3.05, 3.63) is 0 Å². The van der Waals surface area contributed by atoms with Gasteiger partial charge < -0.3 is 25.2 Å². The largest absolute Gasteiger partial charge is 0.481 e. The fourth-order valence-corrected chi connectivity index (χ4v) is 6.61. The first-order valence-electron chi connectivity index (χ1n) is 17.5. The summed E-state index contributed by atoms with van der Waals surface area (Å²) in [6.45, 7) is 12.0. The molecule has 0 radical (unpaired) electrons. The number of amides is 2. The summed E-state index contributed by atoms with van der Waals surface area (Å²) in [6, 6.07) is -0.196. The van der Waals surface area contributed by atoms with Gasteiger partial charge in [-0.1, -0.05) is 118 Å². The Balaban J connectivity index is 1.77. The molecule has 2 fully saturated rings. The number of nitrogens with one attached hydrogen (secondary N) is 2. The first-order valence-corrected chi connectivity index (χ1v) is 17.5. The minimum Gasteiger partial charge on any atom is -0.481 e. The number of hydrogen-bond acceptors (Lipinski definition) is 5. The zero-order valence-corrected chi connectivity index (χ0v) is 28.3. The van der Waals surface area contributed by atoms with E-state index in [2.05, 4.69) is 17.6 Å². The predicted molar refractivity (Wildman–Crippen MR) is 172 cm³/mol. The Morgan fingerprint density at radius 2 is 1.42 bits per heavy atom. The number of ether oxygens (including phenoxy) is 2. The second kappa shape index (κ2) is 19.0. The molecule has 43 heavy (non-hydrogen) atoms. The van der Waals surface area contributed by atoms with Crippen molar-refractivity contribution >= 4 is 17.8 Å². The van der Waals surface area contributed by atoms with Gasteiger partial charge in [-0.05, 0) is 39.0 Å². The molecular formula is C35H64N2O6. The number of rotatable bonds is 20. The van der Waals surface area contributed by atoms with Crippen LogP contribution in [-0.4, -0.2) is 54.0 Å². The Bertz CT molecular complexity index is 844. The Labute approximate surface area is 262 Å². The lowest BCUT2D eigenvalue weighted by molar-refractivity contribution is -0.304. The van der Waals surface area contributed by atoms with Crippen LogP contribution in [0.15, 0.2) is 0 Å². The fourth-order valence-electron chi connectivity index (χ4n) is 6.61. The molecular weight excluding hydrogens is 544 g/mol. The summed E-state index contributed by atoms with van der Waals surface area (Å²) in [7, 11) is 0. The molecule has 250 valence electrons. The van der Waals surface area contributed by atoms with Gasteiger partial charge in [-0.15, -0.1) is 0 Å². The summed E-state index contributed by atoms with van der Waals surface area (Å²) in [5.74, 6) is -3.22. The smallest absolute Gasteiger partial charge is 0.308 e. The van der Waals surface area contributed by atoms with Crippen LogP contribution in [0.4, 0.5) is 0 Å². The van der Waals surface area contributed by atoms with E-state index in [1.807, 2.05) is 20.8 Å². The van der Waals surface area contributed by atoms with E-state index in [0.717, 1.165) is 44.9 Å². The summed E-state index contributed by atoms with van der Waals surface area (Å²) in [6.07, 6.45) is 19.0. The van der Waals surface area contributed by atoms with Gasteiger partial charge in [-0.2, -0.15) is 0 Å². The second-order valence-electron chi connectivity index (χ2n) is 14.5. The third-order valence-corrected chi connectivity index (χ3v) is 9.56. The van der Waals surface area contributed by atoms with Crippen LogP contribution in [0, 0.1) is 23.2 Å². The van der Waals surface area contributed by atoms with Gasteiger partial charge >= 0.3 is 5.97 Å². The van der Waals surface area contributed by atoms with Crippen LogP contribution < -0.4 is 10.6 Å². The molecule has 1 saturated carbocycles. The van der Waals surface area contributed by atoms with Crippen molar-refractivity contribution in [3.63, 3.8) is 0 Å². The third-order valence-electron chi connectivity index (χ3n) is 9.56. The number of carboxylic acid groups (broad SMARTS) is 1. The standard InChI is InChI=1S/C35H64N2O6/c1-7-8-9-10-11-12-13-14-15-16-17-18-21-26(2)31(38)37-29-23-20-19-22-27(29)28(33(40)41)24-36-32(39)30-34(3,4)25-42-35(5,6)43-30/h26-30H,7-25H2,1-6H3,(H,36,39)(H,37,38)(H,40,41). The van der Waals surface area contributed by atoms with Crippen LogP contribution in [0.1, 0.15) is 151 Å². The normalized spacial score (nSPS) is 24.6. The van der Waals surface area contributed by atoms with Gasteiger partial charge in [0.2, 0.25) is 11.8 Å². The van der Waals surface area contributed by atoms with E-state index < -0.39 is 29.2 Å². The predicted octanol–water partition coefficient (Wildman–Crippen LogP) is 7.38. The van der Waals surface area contributed by atoms with Crippen molar-refractivity contribution in [2.45, 2.75) is 169 Å². The SMILES string of the molecule is CCCCCCCCCCCCCCC(C)C(=O)NC1CCCCC1C(CNC(=O)C1OC(C)(C)OCC1(C)C)C(=O)O. The van der Waals surface area contributed by atoms with Crippen LogP contribution in [0.25, 0.3) is 0 Å². The zero-order valence-electron chi connectivity index (χ0n) is 28.3. The van der Waals surface area contributed by atoms with E-state index in [-0.39, 0.29) is 36.2 Å². The minimum atomic E-state index is -0.941. The first kappa shape index (κ1) is 37.5. The molecule has 3 N–H and O–H groups in total. The lowest BCUT2D eigenvalue weighted by Crippen LogP contribution is -2.57. The number of carbonyl (C=O) groups is 3. The summed E-state index contributed by atoms with van der Waals surface area (Å²) in [4.78, 5) is 38.7. The highest BCUT2D eigenvalue weighted by Gasteiger charge is 2.46. The van der Waals surface area contributed by atoms with Crippen LogP contribution >= 0.6 is 0 Å². The number of hydrogen-bond donors (Lipinski definition) is 3. The van der Waals surface area contributed by atoms with Crippen molar-refractivity contribution in [3.8, 4) is 0 Å². The van der Waals surface area contributed by atoms with Crippen molar-refractivity contribution in [2.75, 3.05) is 13.2 Å². The van der Waals surface area contributed by atoms with Crippen LogP contribution in [0.3, 0.4) is 0 Å². The molecule has 5 atom stereocenters. The van der Waals surface area contributed by atoms with Crippen LogP contribution in [0.2, 0.25) is 0 Å². The van der Waals surface area contributed by atoms with E-state index in [1.54, 1.807) is 13.8 Å². The maximum atomic E-state index is 13.2. The lowest BCUT2D eigenvalue weighted by atomic mass is 9.76. The summed E-state index contributed by atoms with van der Waals surface area (Å²) in [5, 5.41) is 16.2. The number of carboxylic acids is 1. The maximum Gasteiger partial charge on any atom is 0.308 e. The summed E-state index contributed by atoms with van der Waals surface area (Å²) < 4.78 is 11.7. The molecule has 8 heteroatoms. The van der Waals surface area contributed by atoms with Crippen molar-refractivity contribution in [1.29, 1.82) is 0 Å². The van der Waals surface area contributed by atoms with E-state index in [1.165, 1.54) is 64.2 Å². The van der Waals surface area contributed by atoms with Gasteiger partial charge in [0.1, 0.15) is 6.10 Å². The first-order chi connectivity index (χ1) is 20.4. The van der Waals surface area contributed by atoms with E-state index in [4.69, 9.17) is 9.47 Å². The van der Waals surface area contributed by atoms with Crippen molar-refractivity contribution in [1.82, 2.24) is 10.6 Å². The van der Waals surface area contributed by atoms with Crippen molar-refractivity contribution < 1.29 is 29.0 Å². The van der Waals surface area contributed by atoms with Crippen LogP contribution in [0.5, 0.6) is 0 Å². The molecule has 0 aromatic carbocycles.